The van der Waals surface area contributed by atoms with E-state index in [0.717, 1.165) is 12.6 Å². The second-order valence-electron chi connectivity index (χ2n) is 9.17. The van der Waals surface area contributed by atoms with E-state index >= 15 is 0 Å². The molecular weight excluding hydrogens is 330 g/mol. The van der Waals surface area contributed by atoms with Crippen LogP contribution >= 0.6 is 0 Å². The third kappa shape index (κ3) is 3.15. The van der Waals surface area contributed by atoms with Crippen LogP contribution in [0.1, 0.15) is 55.8 Å². The summed E-state index contributed by atoms with van der Waals surface area (Å²) in [7, 11) is 2.16. The van der Waals surface area contributed by atoms with Crippen molar-refractivity contribution in [3.8, 4) is 0 Å². The summed E-state index contributed by atoms with van der Waals surface area (Å²) in [4.78, 5) is 5.52. The second-order valence-corrected chi connectivity index (χ2v) is 9.17. The summed E-state index contributed by atoms with van der Waals surface area (Å²) >= 11 is 0. The number of benzene rings is 1. The average Bonchev–Trinajstić information content (AvgIpc) is 3.33. The van der Waals surface area contributed by atoms with Crippen LogP contribution in [0, 0.1) is 5.41 Å². The Morgan fingerprint density at radius 3 is 2.37 bits per heavy atom. The molecule has 5 rings (SSSR count). The highest BCUT2D eigenvalue weighted by Crippen LogP contribution is 2.59. The molecular formula is C24H33N3. The van der Waals surface area contributed by atoms with Crippen LogP contribution in [0.5, 0.6) is 0 Å². The maximum Gasteiger partial charge on any atom is 0.0419 e. The Bertz CT molecular complexity index is 751. The zero-order valence-corrected chi connectivity index (χ0v) is 16.7. The molecule has 3 fully saturated rings. The molecule has 0 bridgehead atoms. The molecule has 3 heteroatoms. The first-order valence-corrected chi connectivity index (χ1v) is 10.9. The van der Waals surface area contributed by atoms with Crippen molar-refractivity contribution in [1.82, 2.24) is 14.4 Å². The lowest BCUT2D eigenvalue weighted by atomic mass is 9.66. The quantitative estimate of drug-likeness (QED) is 0.786. The van der Waals surface area contributed by atoms with Crippen LogP contribution < -0.4 is 0 Å². The highest BCUT2D eigenvalue weighted by molar-refractivity contribution is 5.27. The lowest BCUT2D eigenvalue weighted by Crippen LogP contribution is -2.62. The molecule has 144 valence electrons. The van der Waals surface area contributed by atoms with E-state index in [-0.39, 0.29) is 0 Å². The van der Waals surface area contributed by atoms with E-state index in [1.165, 1.54) is 63.9 Å². The molecule has 2 aliphatic heterocycles. The van der Waals surface area contributed by atoms with Crippen molar-refractivity contribution in [3.63, 3.8) is 0 Å². The van der Waals surface area contributed by atoms with Crippen molar-refractivity contribution < 1.29 is 0 Å². The predicted molar refractivity (Wildman–Crippen MR) is 111 cm³/mol. The SMILES string of the molecule is Cn1cccc1CN1CCC(N2CC3(CCCC3)C2c2ccccc2)CC1. The summed E-state index contributed by atoms with van der Waals surface area (Å²) in [6, 6.07) is 17.2. The van der Waals surface area contributed by atoms with E-state index in [2.05, 4.69) is 70.1 Å². The van der Waals surface area contributed by atoms with E-state index in [4.69, 9.17) is 0 Å². The van der Waals surface area contributed by atoms with Crippen molar-refractivity contribution in [2.45, 2.75) is 57.2 Å². The molecule has 2 saturated heterocycles. The normalized spacial score (nSPS) is 26.5. The first kappa shape index (κ1) is 17.5. The minimum absolute atomic E-state index is 0.585. The smallest absolute Gasteiger partial charge is 0.0419 e. The van der Waals surface area contributed by atoms with Gasteiger partial charge in [0.1, 0.15) is 0 Å². The number of aromatic nitrogens is 1. The van der Waals surface area contributed by atoms with Gasteiger partial charge in [-0.25, -0.2) is 0 Å². The van der Waals surface area contributed by atoms with Crippen LogP contribution in [0.3, 0.4) is 0 Å². The van der Waals surface area contributed by atoms with Gasteiger partial charge >= 0.3 is 0 Å². The molecule has 1 aromatic heterocycles. The largest absolute Gasteiger partial charge is 0.353 e. The summed E-state index contributed by atoms with van der Waals surface area (Å²) in [5.41, 5.74) is 3.59. The maximum atomic E-state index is 2.88. The molecule has 0 amide bonds. The molecule has 1 aromatic carbocycles. The van der Waals surface area contributed by atoms with E-state index in [9.17, 15) is 0 Å². The number of likely N-dealkylation sites (tertiary alicyclic amines) is 2. The van der Waals surface area contributed by atoms with Crippen molar-refractivity contribution in [2.75, 3.05) is 19.6 Å². The molecule has 0 radical (unpaired) electrons. The van der Waals surface area contributed by atoms with Gasteiger partial charge in [0, 0.05) is 62.6 Å². The van der Waals surface area contributed by atoms with E-state index in [1.54, 1.807) is 5.56 Å². The molecule has 1 spiro atoms. The van der Waals surface area contributed by atoms with E-state index < -0.39 is 0 Å². The van der Waals surface area contributed by atoms with Gasteiger partial charge in [-0.2, -0.15) is 0 Å². The van der Waals surface area contributed by atoms with Gasteiger partial charge in [0.2, 0.25) is 0 Å². The van der Waals surface area contributed by atoms with Gasteiger partial charge in [0.15, 0.2) is 0 Å². The Hall–Kier alpha value is -1.58. The van der Waals surface area contributed by atoms with Crippen LogP contribution in [0.2, 0.25) is 0 Å². The van der Waals surface area contributed by atoms with Gasteiger partial charge in [-0.15, -0.1) is 0 Å². The summed E-state index contributed by atoms with van der Waals surface area (Å²) in [5.74, 6) is 0. The topological polar surface area (TPSA) is 11.4 Å². The second kappa shape index (κ2) is 7.10. The Labute approximate surface area is 164 Å². The number of piperidine rings is 1. The lowest BCUT2D eigenvalue weighted by Gasteiger charge is -2.60. The molecule has 0 N–H and O–H groups in total. The van der Waals surface area contributed by atoms with Gasteiger partial charge in [0.05, 0.1) is 0 Å². The molecule has 3 heterocycles. The minimum atomic E-state index is 0.585. The predicted octanol–water partition coefficient (Wildman–Crippen LogP) is 4.61. The van der Waals surface area contributed by atoms with Gasteiger partial charge in [0.25, 0.3) is 0 Å². The van der Waals surface area contributed by atoms with Gasteiger partial charge in [-0.1, -0.05) is 43.2 Å². The summed E-state index contributed by atoms with van der Waals surface area (Å²) in [5, 5.41) is 0. The minimum Gasteiger partial charge on any atom is -0.353 e. The third-order valence-corrected chi connectivity index (χ3v) is 7.59. The number of rotatable bonds is 4. The molecule has 3 nitrogen and oxygen atoms in total. The van der Waals surface area contributed by atoms with Gasteiger partial charge in [-0.05, 0) is 43.4 Å². The molecule has 1 unspecified atom stereocenters. The molecule has 1 aliphatic carbocycles. The van der Waals surface area contributed by atoms with E-state index in [0.29, 0.717) is 11.5 Å². The highest BCUT2D eigenvalue weighted by atomic mass is 15.3. The zero-order chi connectivity index (χ0) is 18.3. The van der Waals surface area contributed by atoms with Crippen LogP contribution in [-0.2, 0) is 13.6 Å². The van der Waals surface area contributed by atoms with Crippen molar-refractivity contribution in [1.29, 1.82) is 0 Å². The number of hydrogen-bond donors (Lipinski definition) is 0. The molecule has 27 heavy (non-hydrogen) atoms. The highest BCUT2D eigenvalue weighted by Gasteiger charge is 2.55. The maximum absolute atomic E-state index is 2.88. The fraction of sp³-hybridized carbons (Fsp3) is 0.583. The van der Waals surface area contributed by atoms with Crippen LogP contribution in [0.25, 0.3) is 0 Å². The lowest BCUT2D eigenvalue weighted by molar-refractivity contribution is -0.112. The standard InChI is InChI=1S/C24H33N3/c1-25-15-7-10-22(25)18-26-16-11-21(12-17-26)27-19-24(13-5-6-14-24)23(27)20-8-3-2-4-9-20/h2-4,7-10,15,21,23H,5-6,11-14,16-19H2,1H3. The summed E-state index contributed by atoms with van der Waals surface area (Å²) < 4.78 is 2.26. The third-order valence-electron chi connectivity index (χ3n) is 7.59. The van der Waals surface area contributed by atoms with Crippen molar-refractivity contribution in [3.05, 3.63) is 59.9 Å². The first-order valence-electron chi connectivity index (χ1n) is 10.9. The fourth-order valence-electron chi connectivity index (χ4n) is 6.11. The van der Waals surface area contributed by atoms with Crippen LogP contribution in [-0.4, -0.2) is 40.0 Å². The average molecular weight is 364 g/mol. The Balaban J connectivity index is 1.26. The van der Waals surface area contributed by atoms with Crippen LogP contribution in [0.4, 0.5) is 0 Å². The number of aryl methyl sites for hydroxylation is 1. The summed E-state index contributed by atoms with van der Waals surface area (Å²) in [6.45, 7) is 4.92. The molecule has 1 atom stereocenters. The van der Waals surface area contributed by atoms with Gasteiger partial charge < -0.3 is 4.57 Å². The monoisotopic (exact) mass is 363 g/mol. The van der Waals surface area contributed by atoms with Crippen molar-refractivity contribution in [2.24, 2.45) is 12.5 Å². The summed E-state index contributed by atoms with van der Waals surface area (Å²) in [6.07, 6.45) is 10.6. The van der Waals surface area contributed by atoms with Crippen molar-refractivity contribution >= 4 is 0 Å². The molecule has 3 aliphatic rings. The number of nitrogens with zero attached hydrogens (tertiary/aromatic N) is 3. The Morgan fingerprint density at radius 1 is 0.963 bits per heavy atom. The number of hydrogen-bond acceptors (Lipinski definition) is 2. The van der Waals surface area contributed by atoms with Crippen LogP contribution in [0.15, 0.2) is 48.7 Å². The molecule has 1 saturated carbocycles. The van der Waals surface area contributed by atoms with E-state index in [1.807, 2.05) is 0 Å². The van der Waals surface area contributed by atoms with Gasteiger partial charge in [-0.3, -0.25) is 9.80 Å². The molecule has 2 aromatic rings. The Morgan fingerprint density at radius 2 is 1.70 bits per heavy atom. The fourth-order valence-corrected chi connectivity index (χ4v) is 6.11. The Kier molecular flexibility index (Phi) is 4.61. The first-order chi connectivity index (χ1) is 13.3. The zero-order valence-electron chi connectivity index (χ0n) is 16.7.